The first-order valence-corrected chi connectivity index (χ1v) is 8.61. The number of rotatable bonds is 3. The van der Waals surface area contributed by atoms with Gasteiger partial charge < -0.3 is 0 Å². The molecule has 0 radical (unpaired) electrons. The molecule has 0 atom stereocenters. The molecule has 0 saturated heterocycles. The molecule has 2 rings (SSSR count). The summed E-state index contributed by atoms with van der Waals surface area (Å²) in [6.07, 6.45) is 1.56. The highest BCUT2D eigenvalue weighted by Gasteiger charge is 2.21. The fourth-order valence-electron chi connectivity index (χ4n) is 1.14. The van der Waals surface area contributed by atoms with E-state index in [9.17, 15) is 8.42 Å². The minimum Gasteiger partial charge on any atom is -0.263 e. The fraction of sp³-hybridized carbons (Fsp3) is 0. The molecule has 0 bridgehead atoms. The number of anilines is 1. The first-order chi connectivity index (χ1) is 8.38. The lowest BCUT2D eigenvalue weighted by Crippen LogP contribution is -2.13. The molecule has 0 saturated carbocycles. The van der Waals surface area contributed by atoms with Crippen LogP contribution in [0.5, 0.6) is 0 Å². The highest BCUT2D eigenvalue weighted by atomic mass is 127. The van der Waals surface area contributed by atoms with Gasteiger partial charge in [-0.25, -0.2) is 13.4 Å². The zero-order chi connectivity index (χ0) is 13.3. The molecule has 0 unspecified atom stereocenters. The maximum Gasteiger partial charge on any atom is 0.265 e. The molecule has 0 aromatic carbocycles. The highest BCUT2D eigenvalue weighted by Crippen LogP contribution is 2.34. The van der Waals surface area contributed by atoms with Gasteiger partial charge in [0.2, 0.25) is 0 Å². The molecule has 0 aliphatic carbocycles. The summed E-state index contributed by atoms with van der Waals surface area (Å²) in [5.74, 6) is 0.230. The van der Waals surface area contributed by atoms with Gasteiger partial charge in [0.05, 0.1) is 4.34 Å². The van der Waals surface area contributed by atoms with Gasteiger partial charge in [0, 0.05) is 9.77 Å². The molecule has 2 heterocycles. The summed E-state index contributed by atoms with van der Waals surface area (Å²) in [6, 6.07) is 4.62. The Balaban J connectivity index is 2.33. The van der Waals surface area contributed by atoms with E-state index in [1.54, 1.807) is 18.3 Å². The van der Waals surface area contributed by atoms with Gasteiger partial charge in [0.25, 0.3) is 10.0 Å². The molecular formula is C9H5Cl2IN2O2S2. The van der Waals surface area contributed by atoms with Crippen LogP contribution in [0.2, 0.25) is 8.67 Å². The van der Waals surface area contributed by atoms with Crippen LogP contribution in [0, 0.1) is 3.57 Å². The Morgan fingerprint density at radius 3 is 2.56 bits per heavy atom. The van der Waals surface area contributed by atoms with E-state index >= 15 is 0 Å². The van der Waals surface area contributed by atoms with Gasteiger partial charge in [0.15, 0.2) is 0 Å². The van der Waals surface area contributed by atoms with Crippen molar-refractivity contribution in [2.24, 2.45) is 0 Å². The van der Waals surface area contributed by atoms with Gasteiger partial charge in [-0.1, -0.05) is 23.2 Å². The van der Waals surface area contributed by atoms with Crippen LogP contribution < -0.4 is 4.72 Å². The minimum atomic E-state index is -3.76. The summed E-state index contributed by atoms with van der Waals surface area (Å²) in [5, 5.41) is 0. The van der Waals surface area contributed by atoms with Crippen LogP contribution in [0.1, 0.15) is 0 Å². The minimum absolute atomic E-state index is 0.0421. The normalized spacial score (nSPS) is 11.5. The number of nitrogens with one attached hydrogen (secondary N) is 1. The number of nitrogens with zero attached hydrogens (tertiary/aromatic N) is 1. The van der Waals surface area contributed by atoms with Crippen molar-refractivity contribution in [2.45, 2.75) is 4.90 Å². The van der Waals surface area contributed by atoms with E-state index in [0.717, 1.165) is 14.9 Å². The standard InChI is InChI=1S/C9H5Cl2IN2O2S2/c10-7-3-6(9(11)17-7)18(15,16)14-8-2-1-5(12)4-13-8/h1-4H,(H,13,14). The Morgan fingerprint density at radius 2 is 2.06 bits per heavy atom. The Labute approximate surface area is 132 Å². The average Bonchev–Trinajstić information content (AvgIpc) is 2.62. The zero-order valence-corrected chi connectivity index (χ0v) is 13.8. The molecule has 1 N–H and O–H groups in total. The SMILES string of the molecule is O=S(=O)(Nc1ccc(I)cn1)c1cc(Cl)sc1Cl. The molecule has 18 heavy (non-hydrogen) atoms. The Bertz CT molecular complexity index is 670. The Hall–Kier alpha value is -0.0900. The molecule has 2 aromatic rings. The fourth-order valence-corrected chi connectivity index (χ4v) is 4.62. The van der Waals surface area contributed by atoms with Gasteiger partial charge in [-0.3, -0.25) is 4.72 Å². The monoisotopic (exact) mass is 434 g/mol. The topological polar surface area (TPSA) is 59.1 Å². The van der Waals surface area contributed by atoms with Crippen molar-refractivity contribution in [3.63, 3.8) is 0 Å². The highest BCUT2D eigenvalue weighted by molar-refractivity contribution is 14.1. The van der Waals surface area contributed by atoms with E-state index in [4.69, 9.17) is 23.2 Å². The van der Waals surface area contributed by atoms with E-state index in [0.29, 0.717) is 4.34 Å². The van der Waals surface area contributed by atoms with Crippen LogP contribution in [0.25, 0.3) is 0 Å². The van der Waals surface area contributed by atoms with Crippen molar-refractivity contribution in [3.05, 3.63) is 36.6 Å². The zero-order valence-electron chi connectivity index (χ0n) is 8.52. The van der Waals surface area contributed by atoms with Crippen LogP contribution >= 0.6 is 57.1 Å². The van der Waals surface area contributed by atoms with E-state index in [-0.39, 0.29) is 15.0 Å². The summed E-state index contributed by atoms with van der Waals surface area (Å²) in [4.78, 5) is 3.91. The quantitative estimate of drug-likeness (QED) is 0.746. The number of pyridine rings is 1. The molecule has 4 nitrogen and oxygen atoms in total. The van der Waals surface area contributed by atoms with Crippen molar-refractivity contribution in [1.29, 1.82) is 0 Å². The largest absolute Gasteiger partial charge is 0.265 e. The Morgan fingerprint density at radius 1 is 1.33 bits per heavy atom. The van der Waals surface area contributed by atoms with Crippen LogP contribution in [-0.2, 0) is 10.0 Å². The van der Waals surface area contributed by atoms with Crippen molar-refractivity contribution < 1.29 is 8.42 Å². The van der Waals surface area contributed by atoms with Crippen LogP contribution in [0.15, 0.2) is 29.3 Å². The average molecular weight is 435 g/mol. The molecule has 0 aliphatic rings. The molecule has 0 aliphatic heterocycles. The maximum absolute atomic E-state index is 12.0. The summed E-state index contributed by atoms with van der Waals surface area (Å²) in [6.45, 7) is 0. The van der Waals surface area contributed by atoms with E-state index < -0.39 is 10.0 Å². The molecule has 2 aromatic heterocycles. The molecule has 96 valence electrons. The van der Waals surface area contributed by atoms with Gasteiger partial charge >= 0.3 is 0 Å². The van der Waals surface area contributed by atoms with Crippen molar-refractivity contribution in [2.75, 3.05) is 4.72 Å². The third kappa shape index (κ3) is 3.27. The van der Waals surface area contributed by atoms with Crippen molar-refractivity contribution in [3.8, 4) is 0 Å². The number of thiophene rings is 1. The van der Waals surface area contributed by atoms with Gasteiger partial charge in [-0.15, -0.1) is 11.3 Å². The number of halogens is 3. The summed E-state index contributed by atoms with van der Waals surface area (Å²) >= 11 is 14.6. The number of aromatic nitrogens is 1. The molecule has 9 heteroatoms. The van der Waals surface area contributed by atoms with Crippen molar-refractivity contribution >= 4 is 73.0 Å². The third-order valence-electron chi connectivity index (χ3n) is 1.88. The van der Waals surface area contributed by atoms with Crippen molar-refractivity contribution in [1.82, 2.24) is 4.98 Å². The predicted molar refractivity (Wildman–Crippen MR) is 82.1 cm³/mol. The first-order valence-electron chi connectivity index (χ1n) is 4.48. The summed E-state index contributed by atoms with van der Waals surface area (Å²) < 4.78 is 27.7. The second-order valence-corrected chi connectivity index (χ2v) is 8.34. The van der Waals surface area contributed by atoms with Crippen LogP contribution in [0.4, 0.5) is 5.82 Å². The second-order valence-electron chi connectivity index (χ2n) is 3.16. The number of hydrogen-bond acceptors (Lipinski definition) is 4. The van der Waals surface area contributed by atoms with Crippen LogP contribution in [0.3, 0.4) is 0 Å². The summed E-state index contributed by atoms with van der Waals surface area (Å²) in [7, 11) is -3.76. The summed E-state index contributed by atoms with van der Waals surface area (Å²) in [5.41, 5.74) is 0. The lowest BCUT2D eigenvalue weighted by Gasteiger charge is -2.05. The number of hydrogen-bond donors (Lipinski definition) is 1. The van der Waals surface area contributed by atoms with Gasteiger partial charge in [-0.2, -0.15) is 0 Å². The first kappa shape index (κ1) is 14.3. The van der Waals surface area contributed by atoms with E-state index in [2.05, 4.69) is 32.3 Å². The smallest absolute Gasteiger partial charge is 0.263 e. The molecule has 0 fully saturated rings. The van der Waals surface area contributed by atoms with E-state index in [1.165, 1.54) is 6.07 Å². The second kappa shape index (κ2) is 5.49. The molecule has 0 spiro atoms. The lowest BCUT2D eigenvalue weighted by molar-refractivity contribution is 0.601. The molecule has 0 amide bonds. The lowest BCUT2D eigenvalue weighted by atomic mass is 10.5. The van der Waals surface area contributed by atoms with E-state index in [1.807, 2.05) is 0 Å². The predicted octanol–water partition coefficient (Wildman–Crippen LogP) is 3.86. The Kier molecular flexibility index (Phi) is 4.37. The number of sulfonamides is 1. The maximum atomic E-state index is 12.0. The van der Waals surface area contributed by atoms with Gasteiger partial charge in [-0.05, 0) is 40.8 Å². The van der Waals surface area contributed by atoms with Crippen LogP contribution in [-0.4, -0.2) is 13.4 Å². The molecular weight excluding hydrogens is 430 g/mol. The third-order valence-corrected chi connectivity index (χ3v) is 5.63. The van der Waals surface area contributed by atoms with Gasteiger partial charge in [0.1, 0.15) is 15.0 Å².